The first-order valence-corrected chi connectivity index (χ1v) is 6.55. The molecule has 3 nitrogen and oxygen atoms in total. The molecule has 3 aromatic rings. The third kappa shape index (κ3) is 2.36. The minimum atomic E-state index is 0.695. The third-order valence-electron chi connectivity index (χ3n) is 3.07. The lowest BCUT2D eigenvalue weighted by atomic mass is 10.0. The van der Waals surface area contributed by atoms with Gasteiger partial charge in [-0.25, -0.2) is 0 Å². The Balaban J connectivity index is 2.02. The van der Waals surface area contributed by atoms with Crippen LogP contribution in [0.1, 0.15) is 11.3 Å². The van der Waals surface area contributed by atoms with Crippen molar-refractivity contribution in [1.29, 1.82) is 0 Å². The van der Waals surface area contributed by atoms with Crippen LogP contribution >= 0.6 is 11.6 Å². The number of halogens is 1. The fourth-order valence-electron chi connectivity index (χ4n) is 2.03. The Hall–Kier alpha value is -2.39. The van der Waals surface area contributed by atoms with E-state index in [1.165, 1.54) is 0 Å². The van der Waals surface area contributed by atoms with Crippen LogP contribution in [0.25, 0.3) is 16.8 Å². The van der Waals surface area contributed by atoms with Crippen LogP contribution in [0.15, 0.2) is 61.2 Å². The van der Waals surface area contributed by atoms with Gasteiger partial charge in [0, 0.05) is 16.2 Å². The van der Waals surface area contributed by atoms with Gasteiger partial charge in [0.2, 0.25) is 0 Å². The molecule has 0 saturated heterocycles. The van der Waals surface area contributed by atoms with Crippen LogP contribution in [-0.4, -0.2) is 15.4 Å². The zero-order valence-corrected chi connectivity index (χ0v) is 11.4. The molecular weight excluding hydrogens is 270 g/mol. The smallest absolute Gasteiger partial charge is 0.120 e. The van der Waals surface area contributed by atoms with E-state index in [2.05, 4.69) is 22.0 Å². The van der Waals surface area contributed by atoms with Gasteiger partial charge in [-0.15, -0.1) is 0 Å². The van der Waals surface area contributed by atoms with Crippen LogP contribution in [0.3, 0.4) is 0 Å². The van der Waals surface area contributed by atoms with Crippen molar-refractivity contribution in [2.75, 3.05) is 0 Å². The molecule has 0 fully saturated rings. The van der Waals surface area contributed by atoms with Crippen molar-refractivity contribution in [3.63, 3.8) is 0 Å². The Morgan fingerprint density at radius 2 is 1.65 bits per heavy atom. The first-order valence-electron chi connectivity index (χ1n) is 6.17. The van der Waals surface area contributed by atoms with Crippen LogP contribution in [0.5, 0.6) is 0 Å². The largest absolute Gasteiger partial charge is 0.197 e. The molecular formula is C16H12ClN3. The molecule has 0 aliphatic carbocycles. The van der Waals surface area contributed by atoms with Crippen molar-refractivity contribution < 1.29 is 0 Å². The van der Waals surface area contributed by atoms with E-state index < -0.39 is 0 Å². The lowest BCUT2D eigenvalue weighted by molar-refractivity contribution is 0.937. The highest BCUT2D eigenvalue weighted by Gasteiger charge is 2.14. The molecule has 1 heterocycles. The van der Waals surface area contributed by atoms with Crippen LogP contribution in [0, 0.1) is 0 Å². The Morgan fingerprint density at radius 1 is 0.950 bits per heavy atom. The first kappa shape index (κ1) is 12.6. The molecule has 2 aromatic carbocycles. The molecule has 0 bridgehead atoms. The Kier molecular flexibility index (Phi) is 3.35. The predicted octanol–water partition coefficient (Wildman–Crippen LogP) is 4.19. The van der Waals surface area contributed by atoms with E-state index in [9.17, 15) is 0 Å². The van der Waals surface area contributed by atoms with Crippen molar-refractivity contribution >= 4 is 17.2 Å². The summed E-state index contributed by atoms with van der Waals surface area (Å²) in [5.41, 5.74) is 4.34. The molecule has 20 heavy (non-hydrogen) atoms. The van der Waals surface area contributed by atoms with E-state index >= 15 is 0 Å². The summed E-state index contributed by atoms with van der Waals surface area (Å²) in [7, 11) is 0. The first-order chi connectivity index (χ1) is 9.75. The molecule has 0 amide bonds. The number of rotatable bonds is 3. The summed E-state index contributed by atoms with van der Waals surface area (Å²) < 4.78 is 0. The van der Waals surface area contributed by atoms with E-state index in [4.69, 9.17) is 11.6 Å². The van der Waals surface area contributed by atoms with Crippen LogP contribution in [0.4, 0.5) is 0 Å². The normalized spacial score (nSPS) is 10.4. The molecule has 1 N–H and O–H groups in total. The van der Waals surface area contributed by atoms with Crippen molar-refractivity contribution in [2.45, 2.75) is 0 Å². The standard InChI is InChI=1S/C16H12ClN3/c1-11(12-5-3-2-4-6-12)15-16(19-20-18-15)13-7-9-14(17)10-8-13/h2-10H,1H2,(H,18,19,20). The minimum Gasteiger partial charge on any atom is -0.197 e. The number of benzene rings is 2. The van der Waals surface area contributed by atoms with Crippen molar-refractivity contribution in [3.8, 4) is 11.3 Å². The fourth-order valence-corrected chi connectivity index (χ4v) is 2.15. The number of H-pyrrole nitrogens is 1. The maximum absolute atomic E-state index is 5.91. The van der Waals surface area contributed by atoms with Crippen LogP contribution < -0.4 is 0 Å². The van der Waals surface area contributed by atoms with Gasteiger partial charge < -0.3 is 0 Å². The van der Waals surface area contributed by atoms with Crippen molar-refractivity contribution in [1.82, 2.24) is 15.4 Å². The van der Waals surface area contributed by atoms with Gasteiger partial charge in [0.25, 0.3) is 0 Å². The summed E-state index contributed by atoms with van der Waals surface area (Å²) in [6.07, 6.45) is 0. The average molecular weight is 282 g/mol. The number of aromatic amines is 1. The number of aromatic nitrogens is 3. The van der Waals surface area contributed by atoms with Crippen LogP contribution in [0.2, 0.25) is 5.02 Å². The second kappa shape index (κ2) is 5.31. The summed E-state index contributed by atoms with van der Waals surface area (Å²) >= 11 is 5.91. The van der Waals surface area contributed by atoms with E-state index in [0.717, 1.165) is 28.1 Å². The zero-order chi connectivity index (χ0) is 13.9. The van der Waals surface area contributed by atoms with Gasteiger partial charge in [-0.05, 0) is 17.7 Å². The number of hydrogen-bond acceptors (Lipinski definition) is 2. The topological polar surface area (TPSA) is 41.6 Å². The highest BCUT2D eigenvalue weighted by molar-refractivity contribution is 6.30. The molecule has 0 spiro atoms. The van der Waals surface area contributed by atoms with Crippen molar-refractivity contribution in [3.05, 3.63) is 77.5 Å². The van der Waals surface area contributed by atoms with Gasteiger partial charge in [0.15, 0.2) is 0 Å². The lowest BCUT2D eigenvalue weighted by Crippen LogP contribution is -1.90. The van der Waals surface area contributed by atoms with E-state index in [1.807, 2.05) is 54.6 Å². The molecule has 0 radical (unpaired) electrons. The molecule has 0 unspecified atom stereocenters. The number of nitrogens with one attached hydrogen (secondary N) is 1. The van der Waals surface area contributed by atoms with Gasteiger partial charge in [-0.2, -0.15) is 15.4 Å². The summed E-state index contributed by atoms with van der Waals surface area (Å²) in [5.74, 6) is 0. The average Bonchev–Trinajstić information content (AvgIpc) is 2.97. The number of hydrogen-bond donors (Lipinski definition) is 1. The summed E-state index contributed by atoms with van der Waals surface area (Å²) in [6, 6.07) is 17.4. The highest BCUT2D eigenvalue weighted by Crippen LogP contribution is 2.28. The van der Waals surface area contributed by atoms with E-state index in [1.54, 1.807) is 0 Å². The molecule has 4 heteroatoms. The summed E-state index contributed by atoms with van der Waals surface area (Å²) in [5, 5.41) is 11.8. The summed E-state index contributed by atoms with van der Waals surface area (Å²) in [6.45, 7) is 4.12. The molecule has 98 valence electrons. The maximum atomic E-state index is 5.91. The summed E-state index contributed by atoms with van der Waals surface area (Å²) in [4.78, 5) is 0. The Bertz CT molecular complexity index is 730. The molecule has 0 atom stereocenters. The van der Waals surface area contributed by atoms with Gasteiger partial charge >= 0.3 is 0 Å². The zero-order valence-electron chi connectivity index (χ0n) is 10.7. The van der Waals surface area contributed by atoms with Crippen molar-refractivity contribution in [2.24, 2.45) is 0 Å². The minimum absolute atomic E-state index is 0.695. The van der Waals surface area contributed by atoms with Gasteiger partial charge in [-0.1, -0.05) is 60.6 Å². The Morgan fingerprint density at radius 3 is 2.35 bits per heavy atom. The molecule has 3 rings (SSSR count). The molecule has 0 saturated carbocycles. The maximum Gasteiger partial charge on any atom is 0.120 e. The molecule has 0 aliphatic rings. The van der Waals surface area contributed by atoms with Gasteiger partial charge in [0.05, 0.1) is 0 Å². The van der Waals surface area contributed by atoms with E-state index in [-0.39, 0.29) is 0 Å². The fraction of sp³-hybridized carbons (Fsp3) is 0. The van der Waals surface area contributed by atoms with E-state index in [0.29, 0.717) is 5.02 Å². The number of nitrogens with zero attached hydrogens (tertiary/aromatic N) is 2. The SMILES string of the molecule is C=C(c1ccccc1)c1n[nH]nc1-c1ccc(Cl)cc1. The predicted molar refractivity (Wildman–Crippen MR) is 81.4 cm³/mol. The van der Waals surface area contributed by atoms with Crippen LogP contribution in [-0.2, 0) is 0 Å². The Labute approximate surface area is 121 Å². The lowest BCUT2D eigenvalue weighted by Gasteiger charge is -2.05. The highest BCUT2D eigenvalue weighted by atomic mass is 35.5. The molecule has 0 aliphatic heterocycles. The molecule has 1 aromatic heterocycles. The second-order valence-corrected chi connectivity index (χ2v) is 4.81. The van der Waals surface area contributed by atoms with Gasteiger partial charge in [0.1, 0.15) is 11.4 Å². The second-order valence-electron chi connectivity index (χ2n) is 4.37. The third-order valence-corrected chi connectivity index (χ3v) is 3.33. The quantitative estimate of drug-likeness (QED) is 0.782. The van der Waals surface area contributed by atoms with Gasteiger partial charge in [-0.3, -0.25) is 0 Å². The monoisotopic (exact) mass is 281 g/mol.